The van der Waals surface area contributed by atoms with Gasteiger partial charge in [0.25, 0.3) is 17.7 Å². The minimum atomic E-state index is -0.975. The fraction of sp³-hybridized carbons (Fsp3) is 0.455. The average molecular weight is 804 g/mol. The average Bonchev–Trinajstić information content (AvgIpc) is 3.49. The summed E-state index contributed by atoms with van der Waals surface area (Å²) in [4.78, 5) is 74.9. The zero-order valence-corrected chi connectivity index (χ0v) is 33.1. The first-order chi connectivity index (χ1) is 28.1. The molecule has 14 heteroatoms. The first-order valence-corrected chi connectivity index (χ1v) is 20.8. The molecule has 0 radical (unpaired) electrons. The third-order valence-electron chi connectivity index (χ3n) is 13.2. The predicted molar refractivity (Wildman–Crippen MR) is 216 cm³/mol. The standard InChI is InChI=1S/C44H46ClN7O6/c45-35-24-33(9-6-29(35)25-46)58-32-14-20-50(21-15-32)41(55)28-4-7-30(8-5-28)48-22-16-44(17-23-48)26-51(27-44)31-12-18-49(19-13-31)36-3-1-2-34-39(36)43(57)52(42(34)56)37-10-11-38(53)47-40(37)54/h1-9,24,31-32,37H,10-23,26-27H2,(H,47,53,54). The molecule has 3 aromatic rings. The first-order valence-electron chi connectivity index (χ1n) is 20.4. The van der Waals surface area contributed by atoms with Gasteiger partial charge in [-0.25, -0.2) is 0 Å². The largest absolute Gasteiger partial charge is 0.490 e. The molecule has 0 bridgehead atoms. The Morgan fingerprint density at radius 3 is 2.22 bits per heavy atom. The summed E-state index contributed by atoms with van der Waals surface area (Å²) < 4.78 is 6.10. The maximum Gasteiger partial charge on any atom is 0.264 e. The van der Waals surface area contributed by atoms with E-state index in [9.17, 15) is 24.0 Å². The molecule has 5 saturated heterocycles. The number of likely N-dealkylation sites (tertiary alicyclic amines) is 2. The summed E-state index contributed by atoms with van der Waals surface area (Å²) in [6.07, 6.45) is 5.87. The Morgan fingerprint density at radius 1 is 0.828 bits per heavy atom. The zero-order valence-electron chi connectivity index (χ0n) is 32.3. The lowest BCUT2D eigenvalue weighted by Gasteiger charge is -2.57. The van der Waals surface area contributed by atoms with Gasteiger partial charge in [-0.1, -0.05) is 17.7 Å². The summed E-state index contributed by atoms with van der Waals surface area (Å²) in [5, 5.41) is 11.8. The van der Waals surface area contributed by atoms with E-state index >= 15 is 0 Å². The van der Waals surface area contributed by atoms with Crippen LogP contribution in [0.3, 0.4) is 0 Å². The number of rotatable bonds is 7. The lowest BCUT2D eigenvalue weighted by atomic mass is 9.70. The highest BCUT2D eigenvalue weighted by Gasteiger charge is 2.49. The first kappa shape index (κ1) is 38.1. The minimum Gasteiger partial charge on any atom is -0.490 e. The number of halogens is 1. The van der Waals surface area contributed by atoms with Crippen LogP contribution in [-0.4, -0.2) is 115 Å². The molecule has 9 rings (SSSR count). The maximum atomic E-state index is 13.7. The smallest absolute Gasteiger partial charge is 0.264 e. The van der Waals surface area contributed by atoms with Crippen molar-refractivity contribution in [1.29, 1.82) is 5.26 Å². The summed E-state index contributed by atoms with van der Waals surface area (Å²) in [7, 11) is 0. The number of anilines is 2. The van der Waals surface area contributed by atoms with E-state index in [4.69, 9.17) is 21.6 Å². The van der Waals surface area contributed by atoms with E-state index in [1.54, 1.807) is 30.3 Å². The molecule has 1 spiro atoms. The second kappa shape index (κ2) is 15.4. The molecule has 1 atom stereocenters. The van der Waals surface area contributed by atoms with Crippen molar-refractivity contribution < 1.29 is 28.7 Å². The van der Waals surface area contributed by atoms with Gasteiger partial charge >= 0.3 is 0 Å². The zero-order chi connectivity index (χ0) is 40.1. The molecule has 5 fully saturated rings. The van der Waals surface area contributed by atoms with Gasteiger partial charge in [-0.2, -0.15) is 5.26 Å². The topological polar surface area (TPSA) is 147 Å². The van der Waals surface area contributed by atoms with Crippen molar-refractivity contribution >= 4 is 52.5 Å². The van der Waals surface area contributed by atoms with E-state index in [0.29, 0.717) is 57.6 Å². The normalized spacial score (nSPS) is 22.8. The Balaban J connectivity index is 0.726. The number of hydrogen-bond acceptors (Lipinski definition) is 10. The molecule has 58 heavy (non-hydrogen) atoms. The van der Waals surface area contributed by atoms with Crippen molar-refractivity contribution in [3.05, 3.63) is 87.9 Å². The van der Waals surface area contributed by atoms with Crippen molar-refractivity contribution in [1.82, 2.24) is 20.0 Å². The highest BCUT2D eigenvalue weighted by Crippen LogP contribution is 2.44. The van der Waals surface area contributed by atoms with Crippen LogP contribution >= 0.6 is 11.6 Å². The summed E-state index contributed by atoms with van der Waals surface area (Å²) in [6.45, 7) is 6.94. The van der Waals surface area contributed by atoms with E-state index in [2.05, 4.69) is 38.2 Å². The number of imide groups is 2. The molecule has 13 nitrogen and oxygen atoms in total. The fourth-order valence-electron chi connectivity index (χ4n) is 9.89. The maximum absolute atomic E-state index is 13.7. The molecule has 300 valence electrons. The number of nitrogens with zero attached hydrogens (tertiary/aromatic N) is 6. The van der Waals surface area contributed by atoms with Crippen LogP contribution in [0, 0.1) is 16.7 Å². The Labute approximate surface area is 342 Å². The van der Waals surface area contributed by atoms with Crippen LogP contribution in [0.4, 0.5) is 11.4 Å². The van der Waals surface area contributed by atoms with Crippen LogP contribution < -0.4 is 19.9 Å². The molecule has 6 aliphatic heterocycles. The Kier molecular flexibility index (Phi) is 10.1. The van der Waals surface area contributed by atoms with E-state index < -0.39 is 23.8 Å². The Hall–Kier alpha value is -5.45. The quantitative estimate of drug-likeness (QED) is 0.329. The Morgan fingerprint density at radius 2 is 1.55 bits per heavy atom. The van der Waals surface area contributed by atoms with Gasteiger partial charge in [-0.3, -0.25) is 39.1 Å². The number of ether oxygens (including phenoxy) is 1. The number of benzene rings is 3. The second-order valence-corrected chi connectivity index (χ2v) is 17.1. The number of fused-ring (bicyclic) bond motifs is 1. The molecule has 0 saturated carbocycles. The van der Waals surface area contributed by atoms with E-state index in [0.717, 1.165) is 94.1 Å². The number of carbonyl (C=O) groups excluding carboxylic acids is 5. The van der Waals surface area contributed by atoms with Crippen LogP contribution in [0.25, 0.3) is 0 Å². The predicted octanol–water partition coefficient (Wildman–Crippen LogP) is 4.87. The Bertz CT molecular complexity index is 2190. The summed E-state index contributed by atoms with van der Waals surface area (Å²) in [6, 6.07) is 20.1. The van der Waals surface area contributed by atoms with Gasteiger partial charge in [0.1, 0.15) is 24.0 Å². The van der Waals surface area contributed by atoms with Gasteiger partial charge in [0.15, 0.2) is 0 Å². The highest BCUT2D eigenvalue weighted by molar-refractivity contribution is 6.31. The summed E-state index contributed by atoms with van der Waals surface area (Å²) in [5.41, 5.74) is 4.02. The lowest BCUT2D eigenvalue weighted by molar-refractivity contribution is -0.136. The summed E-state index contributed by atoms with van der Waals surface area (Å²) in [5.74, 6) is -1.24. The van der Waals surface area contributed by atoms with E-state index in [1.165, 1.54) is 0 Å². The number of hydrogen-bond donors (Lipinski definition) is 1. The van der Waals surface area contributed by atoms with Crippen LogP contribution in [0.5, 0.6) is 5.75 Å². The SMILES string of the molecule is N#Cc1ccc(OC2CCN(C(=O)c3ccc(N4CCC5(CC4)CN(C4CCN(c6cccc7c6C(=O)N(C6CCC(=O)NC6=O)C7=O)CC4)C5)cc3)CC2)cc1Cl. The number of carbonyl (C=O) groups is 5. The van der Waals surface area contributed by atoms with Crippen molar-refractivity contribution in [3.8, 4) is 11.8 Å². The lowest BCUT2D eigenvalue weighted by Crippen LogP contribution is -2.64. The molecule has 1 N–H and O–H groups in total. The van der Waals surface area contributed by atoms with Gasteiger partial charge in [-0.15, -0.1) is 0 Å². The highest BCUT2D eigenvalue weighted by atomic mass is 35.5. The molecular formula is C44H46ClN7O6. The van der Waals surface area contributed by atoms with E-state index in [1.807, 2.05) is 23.1 Å². The number of piperidine rings is 4. The summed E-state index contributed by atoms with van der Waals surface area (Å²) >= 11 is 6.16. The van der Waals surface area contributed by atoms with Crippen LogP contribution in [0.2, 0.25) is 5.02 Å². The second-order valence-electron chi connectivity index (χ2n) is 16.7. The molecule has 5 amide bonds. The van der Waals surface area contributed by atoms with Crippen molar-refractivity contribution in [3.63, 3.8) is 0 Å². The van der Waals surface area contributed by atoms with Crippen LogP contribution in [-0.2, 0) is 9.59 Å². The van der Waals surface area contributed by atoms with Gasteiger partial charge in [-0.05, 0) is 86.1 Å². The van der Waals surface area contributed by atoms with Gasteiger partial charge < -0.3 is 19.4 Å². The monoisotopic (exact) mass is 803 g/mol. The van der Waals surface area contributed by atoms with Crippen molar-refractivity contribution in [2.45, 2.75) is 69.6 Å². The number of amides is 5. The van der Waals surface area contributed by atoms with Crippen LogP contribution in [0.1, 0.15) is 88.0 Å². The molecule has 1 unspecified atom stereocenters. The van der Waals surface area contributed by atoms with Crippen molar-refractivity contribution in [2.24, 2.45) is 5.41 Å². The third kappa shape index (κ3) is 7.06. The molecule has 6 aliphatic rings. The van der Waals surface area contributed by atoms with Gasteiger partial charge in [0.2, 0.25) is 11.8 Å². The van der Waals surface area contributed by atoms with Crippen molar-refractivity contribution in [2.75, 3.05) is 62.2 Å². The van der Waals surface area contributed by atoms with Gasteiger partial charge in [0, 0.05) is 95.0 Å². The molecular weight excluding hydrogens is 758 g/mol. The molecule has 0 aromatic heterocycles. The van der Waals surface area contributed by atoms with E-state index in [-0.39, 0.29) is 30.8 Å². The van der Waals surface area contributed by atoms with Gasteiger partial charge in [0.05, 0.1) is 27.4 Å². The third-order valence-corrected chi connectivity index (χ3v) is 13.6. The molecule has 0 aliphatic carbocycles. The molecule has 6 heterocycles. The number of nitriles is 1. The fourth-order valence-corrected chi connectivity index (χ4v) is 10.1. The van der Waals surface area contributed by atoms with Crippen LogP contribution in [0.15, 0.2) is 60.7 Å². The number of nitrogens with one attached hydrogen (secondary N) is 1. The molecule has 3 aromatic carbocycles. The minimum absolute atomic E-state index is 0.0144.